The maximum atomic E-state index is 12.8. The van der Waals surface area contributed by atoms with Crippen LogP contribution >= 0.6 is 37.2 Å². The second kappa shape index (κ2) is 16.6. The number of halogens is 3. The molecule has 0 bridgehead atoms. The van der Waals surface area contributed by atoms with Gasteiger partial charge in [-0.2, -0.15) is 0 Å². The van der Waals surface area contributed by atoms with Crippen molar-refractivity contribution in [2.45, 2.75) is 19.3 Å². The molecule has 2 aromatic carbocycles. The van der Waals surface area contributed by atoms with Crippen LogP contribution in [0.15, 0.2) is 36.4 Å². The topological polar surface area (TPSA) is 117 Å². The predicted octanol–water partition coefficient (Wildman–Crippen LogP) is 2.13. The normalized spacial score (nSPS) is 12.0. The molecule has 0 fully saturated rings. The minimum Gasteiger partial charge on any atom is -0.355 e. The number of carbonyl (C=O) groups excluding carboxylic acids is 3. The van der Waals surface area contributed by atoms with Crippen LogP contribution in [-0.2, 0) is 4.79 Å². The maximum absolute atomic E-state index is 12.8. The van der Waals surface area contributed by atoms with Gasteiger partial charge < -0.3 is 21.7 Å². The van der Waals surface area contributed by atoms with Crippen molar-refractivity contribution < 1.29 is 14.4 Å². The Morgan fingerprint density at radius 1 is 0.794 bits per heavy atom. The van der Waals surface area contributed by atoms with Crippen LogP contribution in [-0.4, -0.2) is 68.4 Å². The summed E-state index contributed by atoms with van der Waals surface area (Å²) in [6, 6.07) is 11.0. The number of carbonyl (C=O) groups is 3. The molecule has 190 valence electrons. The molecule has 0 atom stereocenters. The van der Waals surface area contributed by atoms with Gasteiger partial charge in [-0.3, -0.25) is 19.3 Å². The predicted molar refractivity (Wildman–Crippen MR) is 143 cm³/mol. The fraction of sp³-hybridized carbons (Fsp3) is 0.435. The lowest BCUT2D eigenvalue weighted by Gasteiger charge is -2.27. The molecule has 3 amide bonds. The minimum atomic E-state index is -0.276. The van der Waals surface area contributed by atoms with Gasteiger partial charge in [-0.1, -0.05) is 24.3 Å². The Balaban J connectivity index is 0.00000363. The molecule has 8 nitrogen and oxygen atoms in total. The molecular weight excluding hydrogens is 501 g/mol. The van der Waals surface area contributed by atoms with E-state index in [-0.39, 0.29) is 68.0 Å². The van der Waals surface area contributed by atoms with Crippen LogP contribution in [0.4, 0.5) is 0 Å². The lowest BCUT2D eigenvalue weighted by Crippen LogP contribution is -2.42. The summed E-state index contributed by atoms with van der Waals surface area (Å²) in [5, 5.41) is 10.8. The van der Waals surface area contributed by atoms with Crippen molar-refractivity contribution in [3.8, 4) is 0 Å². The molecule has 0 aliphatic carbocycles. The van der Waals surface area contributed by atoms with Crippen molar-refractivity contribution in [2.24, 2.45) is 5.73 Å². The van der Waals surface area contributed by atoms with Crippen molar-refractivity contribution in [1.29, 1.82) is 0 Å². The van der Waals surface area contributed by atoms with Gasteiger partial charge in [-0.05, 0) is 63.0 Å². The highest BCUT2D eigenvalue weighted by molar-refractivity contribution is 6.25. The molecule has 0 radical (unpaired) electrons. The first kappa shape index (κ1) is 32.1. The molecular formula is C23H34Cl3N5O3. The third kappa shape index (κ3) is 8.37. The lowest BCUT2D eigenvalue weighted by molar-refractivity contribution is -0.120. The highest BCUT2D eigenvalue weighted by atomic mass is 35.5. The van der Waals surface area contributed by atoms with Crippen LogP contribution in [0.1, 0.15) is 40.0 Å². The van der Waals surface area contributed by atoms with Crippen molar-refractivity contribution >= 4 is 65.7 Å². The van der Waals surface area contributed by atoms with E-state index in [0.29, 0.717) is 30.6 Å². The number of nitrogens with zero attached hydrogens (tertiary/aromatic N) is 1. The Morgan fingerprint density at radius 2 is 1.38 bits per heavy atom. The molecule has 2 aromatic rings. The standard InChI is InChI=1S/C23H31N5O3.3ClH/c24-10-3-11-25-12-4-13-26-16-20(29)27-14-5-15-28-22(30)18-8-1-6-17-7-2-9-19(21(17)18)23(28)31;;;/h1-2,6-9,25-26H,3-5,10-16,24H2,(H,27,29);3*1H. The first-order valence-corrected chi connectivity index (χ1v) is 10.9. The first-order valence-electron chi connectivity index (χ1n) is 10.9. The number of nitrogens with one attached hydrogen (secondary N) is 3. The zero-order valence-corrected chi connectivity index (χ0v) is 21.5. The molecule has 5 N–H and O–H groups in total. The monoisotopic (exact) mass is 533 g/mol. The summed E-state index contributed by atoms with van der Waals surface area (Å²) in [6.07, 6.45) is 2.41. The zero-order chi connectivity index (χ0) is 22.1. The quantitative estimate of drug-likeness (QED) is 0.231. The SMILES string of the molecule is Cl.Cl.Cl.NCCCNCCCNCC(=O)NCCCN1C(=O)c2cccc3cccc(c23)C1=O. The Hall–Kier alpha value is -1.94. The Bertz CT molecular complexity index is 894. The number of benzene rings is 2. The molecule has 11 heteroatoms. The summed E-state index contributed by atoms with van der Waals surface area (Å²) in [4.78, 5) is 38.9. The highest BCUT2D eigenvalue weighted by Gasteiger charge is 2.32. The molecule has 1 aliphatic rings. The van der Waals surface area contributed by atoms with Gasteiger partial charge in [0.05, 0.1) is 6.54 Å². The number of rotatable bonds is 13. The molecule has 0 saturated carbocycles. The highest BCUT2D eigenvalue weighted by Crippen LogP contribution is 2.29. The van der Waals surface area contributed by atoms with Crippen LogP contribution in [0, 0.1) is 0 Å². The van der Waals surface area contributed by atoms with E-state index in [2.05, 4.69) is 16.0 Å². The summed E-state index contributed by atoms with van der Waals surface area (Å²) >= 11 is 0. The summed E-state index contributed by atoms with van der Waals surface area (Å²) in [5.74, 6) is -0.646. The van der Waals surface area contributed by atoms with Crippen LogP contribution in [0.3, 0.4) is 0 Å². The van der Waals surface area contributed by atoms with E-state index in [1.54, 1.807) is 12.1 Å². The molecule has 1 heterocycles. The van der Waals surface area contributed by atoms with Crippen molar-refractivity contribution in [2.75, 3.05) is 45.8 Å². The van der Waals surface area contributed by atoms with E-state index in [1.807, 2.05) is 24.3 Å². The van der Waals surface area contributed by atoms with Gasteiger partial charge in [0.2, 0.25) is 5.91 Å². The van der Waals surface area contributed by atoms with Gasteiger partial charge in [0.1, 0.15) is 0 Å². The van der Waals surface area contributed by atoms with Gasteiger partial charge in [0.25, 0.3) is 11.8 Å². The smallest absolute Gasteiger partial charge is 0.261 e. The van der Waals surface area contributed by atoms with E-state index in [9.17, 15) is 14.4 Å². The zero-order valence-electron chi connectivity index (χ0n) is 19.0. The van der Waals surface area contributed by atoms with Crippen LogP contribution < -0.4 is 21.7 Å². The number of amides is 3. The summed E-state index contributed by atoms with van der Waals surface area (Å²) in [6.45, 7) is 4.18. The Kier molecular flexibility index (Phi) is 15.7. The van der Waals surface area contributed by atoms with Gasteiger partial charge >= 0.3 is 0 Å². The molecule has 0 unspecified atom stereocenters. The minimum absolute atomic E-state index is 0. The fourth-order valence-electron chi connectivity index (χ4n) is 3.70. The molecule has 34 heavy (non-hydrogen) atoms. The Morgan fingerprint density at radius 3 is 2.00 bits per heavy atom. The largest absolute Gasteiger partial charge is 0.355 e. The van der Waals surface area contributed by atoms with Gasteiger partial charge in [0, 0.05) is 29.6 Å². The fourth-order valence-corrected chi connectivity index (χ4v) is 3.70. The van der Waals surface area contributed by atoms with Crippen molar-refractivity contribution in [3.63, 3.8) is 0 Å². The van der Waals surface area contributed by atoms with Crippen LogP contribution in [0.5, 0.6) is 0 Å². The average molecular weight is 535 g/mol. The number of hydrogen-bond donors (Lipinski definition) is 4. The molecule has 0 aromatic heterocycles. The number of hydrogen-bond acceptors (Lipinski definition) is 6. The van der Waals surface area contributed by atoms with Gasteiger partial charge in [-0.15, -0.1) is 37.2 Å². The van der Waals surface area contributed by atoms with Crippen molar-refractivity contribution in [1.82, 2.24) is 20.9 Å². The second-order valence-electron chi connectivity index (χ2n) is 7.60. The first-order chi connectivity index (χ1) is 15.1. The Labute approximate surface area is 219 Å². The number of imide groups is 1. The summed E-state index contributed by atoms with van der Waals surface area (Å²) < 4.78 is 0. The van der Waals surface area contributed by atoms with E-state index in [0.717, 1.165) is 43.2 Å². The summed E-state index contributed by atoms with van der Waals surface area (Å²) in [7, 11) is 0. The maximum Gasteiger partial charge on any atom is 0.261 e. The average Bonchev–Trinajstić information content (AvgIpc) is 2.78. The van der Waals surface area contributed by atoms with Gasteiger partial charge in [-0.25, -0.2) is 0 Å². The molecule has 3 rings (SSSR count). The molecule has 1 aliphatic heterocycles. The van der Waals surface area contributed by atoms with E-state index >= 15 is 0 Å². The molecule has 0 saturated heterocycles. The van der Waals surface area contributed by atoms with Gasteiger partial charge in [0.15, 0.2) is 0 Å². The van der Waals surface area contributed by atoms with Crippen LogP contribution in [0.2, 0.25) is 0 Å². The lowest BCUT2D eigenvalue weighted by atomic mass is 9.94. The van der Waals surface area contributed by atoms with Crippen LogP contribution in [0.25, 0.3) is 10.8 Å². The summed E-state index contributed by atoms with van der Waals surface area (Å²) in [5.41, 5.74) is 6.54. The van der Waals surface area contributed by atoms with Crippen molar-refractivity contribution in [3.05, 3.63) is 47.5 Å². The third-order valence-corrected chi connectivity index (χ3v) is 5.29. The van der Waals surface area contributed by atoms with E-state index in [4.69, 9.17) is 5.73 Å². The second-order valence-corrected chi connectivity index (χ2v) is 7.60. The van der Waals surface area contributed by atoms with E-state index in [1.165, 1.54) is 4.90 Å². The number of nitrogens with two attached hydrogens (primary N) is 1. The third-order valence-electron chi connectivity index (χ3n) is 5.29. The molecule has 0 spiro atoms. The van der Waals surface area contributed by atoms with E-state index < -0.39 is 0 Å².